The van der Waals surface area contributed by atoms with E-state index in [0.29, 0.717) is 11.9 Å². The number of aldehydes is 1. The molecule has 0 aliphatic heterocycles. The van der Waals surface area contributed by atoms with E-state index in [1.54, 1.807) is 0 Å². The van der Waals surface area contributed by atoms with Gasteiger partial charge < -0.3 is 4.74 Å². The van der Waals surface area contributed by atoms with Crippen LogP contribution in [0, 0.1) is 0 Å². The van der Waals surface area contributed by atoms with E-state index >= 15 is 0 Å². The molecule has 96 valence electrons. The van der Waals surface area contributed by atoms with E-state index in [4.69, 9.17) is 4.74 Å². The minimum absolute atomic E-state index is 0.164. The lowest BCUT2D eigenvalue weighted by Crippen LogP contribution is -2.11. The van der Waals surface area contributed by atoms with Crippen LogP contribution in [0.4, 0.5) is 0 Å². The fourth-order valence-corrected chi connectivity index (χ4v) is 2.40. The van der Waals surface area contributed by atoms with Crippen LogP contribution in [0.1, 0.15) is 38.5 Å². The standard InChI is InChI=1S/C15H18O3/c16-9-10-18-15(17)14(13-7-3-4-8-13)11-12-5-1-2-6-12/h5,7,9,11H,1-4,6,8,10H2. The SMILES string of the molecule is O=CCOC(=O)C(=CC1=CCCC1)C1=CCCC1. The third kappa shape index (κ3) is 3.19. The Morgan fingerprint density at radius 1 is 1.22 bits per heavy atom. The maximum Gasteiger partial charge on any atom is 0.338 e. The lowest BCUT2D eigenvalue weighted by atomic mass is 10.0. The van der Waals surface area contributed by atoms with Crippen LogP contribution >= 0.6 is 0 Å². The van der Waals surface area contributed by atoms with Crippen molar-refractivity contribution in [3.63, 3.8) is 0 Å². The zero-order valence-corrected chi connectivity index (χ0v) is 10.5. The van der Waals surface area contributed by atoms with Crippen LogP contribution in [-0.4, -0.2) is 18.9 Å². The number of hydrogen-bond acceptors (Lipinski definition) is 3. The van der Waals surface area contributed by atoms with Crippen molar-refractivity contribution < 1.29 is 14.3 Å². The Morgan fingerprint density at radius 2 is 2.00 bits per heavy atom. The summed E-state index contributed by atoms with van der Waals surface area (Å²) in [5.41, 5.74) is 2.92. The van der Waals surface area contributed by atoms with Crippen LogP contribution in [0.5, 0.6) is 0 Å². The van der Waals surface area contributed by atoms with Crippen LogP contribution in [0.2, 0.25) is 0 Å². The first kappa shape index (κ1) is 12.8. The molecule has 0 unspecified atom stereocenters. The lowest BCUT2D eigenvalue weighted by Gasteiger charge is -2.08. The molecule has 0 spiro atoms. The Kier molecular flexibility index (Phi) is 4.51. The first-order valence-electron chi connectivity index (χ1n) is 6.52. The number of allylic oxidation sites excluding steroid dienone is 4. The van der Waals surface area contributed by atoms with Crippen LogP contribution in [0.3, 0.4) is 0 Å². The van der Waals surface area contributed by atoms with Gasteiger partial charge in [0.2, 0.25) is 0 Å². The fraction of sp³-hybridized carbons (Fsp3) is 0.467. The third-order valence-corrected chi connectivity index (χ3v) is 3.30. The molecule has 0 aromatic heterocycles. The molecule has 0 fully saturated rings. The number of ether oxygens (including phenoxy) is 1. The molecule has 0 radical (unpaired) electrons. The van der Waals surface area contributed by atoms with E-state index in [1.807, 2.05) is 6.08 Å². The molecule has 0 N–H and O–H groups in total. The summed E-state index contributed by atoms with van der Waals surface area (Å²) in [7, 11) is 0. The first-order valence-corrected chi connectivity index (χ1v) is 6.52. The van der Waals surface area contributed by atoms with Gasteiger partial charge in [0.25, 0.3) is 0 Å². The van der Waals surface area contributed by atoms with Crippen LogP contribution in [0.15, 0.2) is 34.9 Å². The summed E-state index contributed by atoms with van der Waals surface area (Å²) in [6, 6.07) is 0. The van der Waals surface area contributed by atoms with Crippen molar-refractivity contribution in [2.24, 2.45) is 0 Å². The van der Waals surface area contributed by atoms with Gasteiger partial charge in [-0.1, -0.05) is 17.7 Å². The van der Waals surface area contributed by atoms with Crippen molar-refractivity contribution in [1.29, 1.82) is 0 Å². The minimum Gasteiger partial charge on any atom is -0.454 e. The molecule has 0 aromatic rings. The van der Waals surface area contributed by atoms with E-state index in [9.17, 15) is 9.59 Å². The average Bonchev–Trinajstić information content (AvgIpc) is 3.05. The molecule has 2 aliphatic rings. The molecule has 2 aliphatic carbocycles. The zero-order valence-electron chi connectivity index (χ0n) is 10.5. The molecule has 0 amide bonds. The molecule has 2 rings (SSSR count). The second kappa shape index (κ2) is 6.34. The summed E-state index contributed by atoms with van der Waals surface area (Å²) in [6.45, 7) is -0.164. The van der Waals surface area contributed by atoms with Gasteiger partial charge in [-0.25, -0.2) is 4.79 Å². The number of carbonyl (C=O) groups is 2. The average molecular weight is 246 g/mol. The van der Waals surface area contributed by atoms with Gasteiger partial charge in [0, 0.05) is 0 Å². The quantitative estimate of drug-likeness (QED) is 0.425. The summed E-state index contributed by atoms with van der Waals surface area (Å²) >= 11 is 0. The van der Waals surface area contributed by atoms with Gasteiger partial charge in [0.15, 0.2) is 6.29 Å². The van der Waals surface area contributed by atoms with Crippen LogP contribution < -0.4 is 0 Å². The van der Waals surface area contributed by atoms with Gasteiger partial charge in [-0.05, 0) is 50.2 Å². The summed E-state index contributed by atoms with van der Waals surface area (Å²) in [5.74, 6) is -0.372. The molecule has 3 nitrogen and oxygen atoms in total. The predicted molar refractivity (Wildman–Crippen MR) is 69.0 cm³/mol. The Labute approximate surface area is 107 Å². The number of carbonyl (C=O) groups excluding carboxylic acids is 2. The minimum atomic E-state index is -0.372. The highest BCUT2D eigenvalue weighted by Gasteiger charge is 2.19. The normalized spacial score (nSPS) is 19.4. The molecule has 3 heteroatoms. The van der Waals surface area contributed by atoms with E-state index in [-0.39, 0.29) is 12.6 Å². The molecule has 0 saturated carbocycles. The maximum atomic E-state index is 12.0. The second-order valence-electron chi connectivity index (χ2n) is 4.62. The summed E-state index contributed by atoms with van der Waals surface area (Å²) < 4.78 is 4.93. The van der Waals surface area contributed by atoms with Crippen molar-refractivity contribution >= 4 is 12.3 Å². The van der Waals surface area contributed by atoms with Gasteiger partial charge in [-0.15, -0.1) is 0 Å². The summed E-state index contributed by atoms with van der Waals surface area (Å²) in [5, 5.41) is 0. The van der Waals surface area contributed by atoms with Crippen molar-refractivity contribution in [1.82, 2.24) is 0 Å². The van der Waals surface area contributed by atoms with Crippen LogP contribution in [0.25, 0.3) is 0 Å². The van der Waals surface area contributed by atoms with E-state index in [1.165, 1.54) is 5.57 Å². The van der Waals surface area contributed by atoms with E-state index < -0.39 is 0 Å². The topological polar surface area (TPSA) is 43.4 Å². The van der Waals surface area contributed by atoms with Gasteiger partial charge in [-0.3, -0.25) is 4.79 Å². The number of hydrogen-bond donors (Lipinski definition) is 0. The Hall–Kier alpha value is -1.64. The largest absolute Gasteiger partial charge is 0.454 e. The molecule has 0 aromatic carbocycles. The highest BCUT2D eigenvalue weighted by molar-refractivity contribution is 5.94. The number of esters is 1. The van der Waals surface area contributed by atoms with Gasteiger partial charge >= 0.3 is 5.97 Å². The first-order chi connectivity index (χ1) is 8.81. The van der Waals surface area contributed by atoms with E-state index in [2.05, 4.69) is 12.2 Å². The Morgan fingerprint density at radius 3 is 2.61 bits per heavy atom. The van der Waals surface area contributed by atoms with E-state index in [0.717, 1.165) is 44.1 Å². The van der Waals surface area contributed by atoms with Gasteiger partial charge in [0.1, 0.15) is 6.61 Å². The lowest BCUT2D eigenvalue weighted by molar-refractivity contribution is -0.141. The monoisotopic (exact) mass is 246 g/mol. The van der Waals surface area contributed by atoms with Crippen molar-refractivity contribution in [3.8, 4) is 0 Å². The molecule has 18 heavy (non-hydrogen) atoms. The van der Waals surface area contributed by atoms with Crippen LogP contribution in [-0.2, 0) is 14.3 Å². The third-order valence-electron chi connectivity index (χ3n) is 3.30. The maximum absolute atomic E-state index is 12.0. The number of rotatable bonds is 5. The summed E-state index contributed by atoms with van der Waals surface area (Å²) in [4.78, 5) is 22.2. The fourth-order valence-electron chi connectivity index (χ4n) is 2.40. The molecular formula is C15H18O3. The Bertz CT molecular complexity index is 427. The smallest absolute Gasteiger partial charge is 0.338 e. The molecular weight excluding hydrogens is 228 g/mol. The molecule has 0 saturated heterocycles. The summed E-state index contributed by atoms with van der Waals surface area (Å²) in [6.07, 6.45) is 13.1. The predicted octanol–water partition coefficient (Wildman–Crippen LogP) is 2.88. The van der Waals surface area contributed by atoms with Crippen molar-refractivity contribution in [2.45, 2.75) is 38.5 Å². The van der Waals surface area contributed by atoms with Crippen molar-refractivity contribution in [2.75, 3.05) is 6.61 Å². The van der Waals surface area contributed by atoms with Gasteiger partial charge in [-0.2, -0.15) is 0 Å². The van der Waals surface area contributed by atoms with Crippen molar-refractivity contribution in [3.05, 3.63) is 34.9 Å². The molecule has 0 atom stereocenters. The van der Waals surface area contributed by atoms with Gasteiger partial charge in [0.05, 0.1) is 5.57 Å². The Balaban J connectivity index is 2.16. The molecule has 0 heterocycles. The zero-order chi connectivity index (χ0) is 12.8. The highest BCUT2D eigenvalue weighted by atomic mass is 16.5. The second-order valence-corrected chi connectivity index (χ2v) is 4.62. The highest BCUT2D eigenvalue weighted by Crippen LogP contribution is 2.29. The molecule has 0 bridgehead atoms.